The van der Waals surface area contributed by atoms with Crippen molar-refractivity contribution in [1.29, 1.82) is 0 Å². The first kappa shape index (κ1) is 24.1. The standard InChI is InChI=1S/C20H24Cl2N2O5S/c1-28-15-6-3-7-16(14-15)29-13-11-23-19(25)10-5-12-24(30(2,26)27)20-17(21)8-4-9-18(20)22/h3-4,6-9,14H,5,10-13H2,1-2H3,(H,23,25). The fourth-order valence-electron chi connectivity index (χ4n) is 2.69. The van der Waals surface area contributed by atoms with Gasteiger partial charge in [0.15, 0.2) is 0 Å². The van der Waals surface area contributed by atoms with Crippen LogP contribution in [-0.4, -0.2) is 47.4 Å². The summed E-state index contributed by atoms with van der Waals surface area (Å²) in [5.41, 5.74) is 0.218. The largest absolute Gasteiger partial charge is 0.497 e. The Labute approximate surface area is 186 Å². The van der Waals surface area contributed by atoms with Gasteiger partial charge in [0.05, 0.1) is 35.6 Å². The van der Waals surface area contributed by atoms with E-state index in [9.17, 15) is 13.2 Å². The average molecular weight is 475 g/mol. The summed E-state index contributed by atoms with van der Waals surface area (Å²) in [6.07, 6.45) is 1.52. The molecule has 1 N–H and O–H groups in total. The Balaban J connectivity index is 1.80. The van der Waals surface area contributed by atoms with E-state index in [1.807, 2.05) is 12.1 Å². The third-order valence-electron chi connectivity index (χ3n) is 4.09. The number of carbonyl (C=O) groups excluding carboxylic acids is 1. The van der Waals surface area contributed by atoms with Gasteiger partial charge >= 0.3 is 0 Å². The first-order valence-electron chi connectivity index (χ1n) is 9.17. The normalized spacial score (nSPS) is 11.1. The van der Waals surface area contributed by atoms with Crippen molar-refractivity contribution in [3.63, 3.8) is 0 Å². The smallest absolute Gasteiger partial charge is 0.232 e. The summed E-state index contributed by atoms with van der Waals surface area (Å²) in [7, 11) is -2.04. The predicted octanol–water partition coefficient (Wildman–Crippen LogP) is 3.74. The van der Waals surface area contributed by atoms with E-state index < -0.39 is 10.0 Å². The zero-order chi connectivity index (χ0) is 22.1. The Morgan fingerprint density at radius 1 is 1.10 bits per heavy atom. The monoisotopic (exact) mass is 474 g/mol. The van der Waals surface area contributed by atoms with Gasteiger partial charge < -0.3 is 14.8 Å². The fraction of sp³-hybridized carbons (Fsp3) is 0.350. The Bertz CT molecular complexity index is 949. The van der Waals surface area contributed by atoms with Crippen molar-refractivity contribution in [3.05, 3.63) is 52.5 Å². The van der Waals surface area contributed by atoms with Gasteiger partial charge in [-0.2, -0.15) is 0 Å². The number of hydrogen-bond donors (Lipinski definition) is 1. The molecule has 0 aliphatic carbocycles. The maximum Gasteiger partial charge on any atom is 0.232 e. The minimum Gasteiger partial charge on any atom is -0.497 e. The van der Waals surface area contributed by atoms with E-state index in [0.29, 0.717) is 31.1 Å². The molecule has 2 aromatic rings. The minimum atomic E-state index is -3.62. The molecular formula is C20H24Cl2N2O5S. The lowest BCUT2D eigenvalue weighted by Crippen LogP contribution is -2.33. The van der Waals surface area contributed by atoms with Gasteiger partial charge in [-0.05, 0) is 30.7 Å². The summed E-state index contributed by atoms with van der Waals surface area (Å²) in [6.45, 7) is 0.696. The molecule has 0 unspecified atom stereocenters. The van der Waals surface area contributed by atoms with Crippen molar-refractivity contribution in [1.82, 2.24) is 5.32 Å². The summed E-state index contributed by atoms with van der Waals surface area (Å²) >= 11 is 12.3. The average Bonchev–Trinajstić information content (AvgIpc) is 2.69. The second-order valence-electron chi connectivity index (χ2n) is 6.39. The van der Waals surface area contributed by atoms with Crippen LogP contribution >= 0.6 is 23.2 Å². The van der Waals surface area contributed by atoms with Crippen molar-refractivity contribution >= 4 is 44.8 Å². The molecule has 0 aliphatic heterocycles. The summed E-state index contributed by atoms with van der Waals surface area (Å²) < 4.78 is 36.2. The number of amides is 1. The third-order valence-corrected chi connectivity index (χ3v) is 5.86. The van der Waals surface area contributed by atoms with Crippen LogP contribution < -0.4 is 19.1 Å². The Kier molecular flexibility index (Phi) is 9.08. The molecule has 30 heavy (non-hydrogen) atoms. The van der Waals surface area contributed by atoms with Crippen molar-refractivity contribution in [3.8, 4) is 11.5 Å². The fourth-order valence-corrected chi connectivity index (χ4v) is 4.38. The molecule has 1 amide bonds. The number of rotatable bonds is 11. The zero-order valence-corrected chi connectivity index (χ0v) is 19.1. The van der Waals surface area contributed by atoms with Crippen LogP contribution in [0.4, 0.5) is 5.69 Å². The molecule has 164 valence electrons. The van der Waals surface area contributed by atoms with Gasteiger partial charge in [0.1, 0.15) is 18.1 Å². The second-order valence-corrected chi connectivity index (χ2v) is 9.11. The number of para-hydroxylation sites is 1. The van der Waals surface area contributed by atoms with Crippen LogP contribution in [0.2, 0.25) is 10.0 Å². The Morgan fingerprint density at radius 2 is 1.73 bits per heavy atom. The van der Waals surface area contributed by atoms with Crippen LogP contribution in [-0.2, 0) is 14.8 Å². The highest BCUT2D eigenvalue weighted by Crippen LogP contribution is 2.35. The van der Waals surface area contributed by atoms with Crippen molar-refractivity contribution in [2.24, 2.45) is 0 Å². The first-order chi connectivity index (χ1) is 14.2. The number of halogens is 2. The van der Waals surface area contributed by atoms with E-state index in [2.05, 4.69) is 5.32 Å². The first-order valence-corrected chi connectivity index (χ1v) is 11.8. The van der Waals surface area contributed by atoms with Crippen LogP contribution in [0.3, 0.4) is 0 Å². The highest BCUT2D eigenvalue weighted by atomic mass is 35.5. The van der Waals surface area contributed by atoms with Gasteiger partial charge in [-0.15, -0.1) is 0 Å². The number of methoxy groups -OCH3 is 1. The van der Waals surface area contributed by atoms with Gasteiger partial charge in [0.25, 0.3) is 0 Å². The van der Waals surface area contributed by atoms with Gasteiger partial charge in [0, 0.05) is 19.0 Å². The lowest BCUT2D eigenvalue weighted by Gasteiger charge is -2.24. The number of benzene rings is 2. The molecule has 0 spiro atoms. The molecule has 0 saturated carbocycles. The highest BCUT2D eigenvalue weighted by Gasteiger charge is 2.22. The third kappa shape index (κ3) is 7.27. The molecule has 0 atom stereocenters. The highest BCUT2D eigenvalue weighted by molar-refractivity contribution is 7.92. The maximum absolute atomic E-state index is 12.2. The maximum atomic E-state index is 12.2. The quantitative estimate of drug-likeness (QED) is 0.501. The molecule has 7 nitrogen and oxygen atoms in total. The van der Waals surface area contributed by atoms with Crippen LogP contribution in [0.15, 0.2) is 42.5 Å². The van der Waals surface area contributed by atoms with Gasteiger partial charge in [0.2, 0.25) is 15.9 Å². The molecule has 0 saturated heterocycles. The van der Waals surface area contributed by atoms with Crippen molar-refractivity contribution in [2.45, 2.75) is 12.8 Å². The minimum absolute atomic E-state index is 0.0794. The second kappa shape index (κ2) is 11.3. The summed E-state index contributed by atoms with van der Waals surface area (Å²) in [5.74, 6) is 1.12. The number of carbonyl (C=O) groups is 1. The van der Waals surface area contributed by atoms with Crippen LogP contribution in [0, 0.1) is 0 Å². The topological polar surface area (TPSA) is 84.9 Å². The number of hydrogen-bond acceptors (Lipinski definition) is 5. The lowest BCUT2D eigenvalue weighted by molar-refractivity contribution is -0.121. The molecular weight excluding hydrogens is 451 g/mol. The predicted molar refractivity (Wildman–Crippen MR) is 119 cm³/mol. The number of anilines is 1. The van der Waals surface area contributed by atoms with Crippen LogP contribution in [0.25, 0.3) is 0 Å². The zero-order valence-electron chi connectivity index (χ0n) is 16.7. The lowest BCUT2D eigenvalue weighted by atomic mass is 10.2. The molecule has 0 heterocycles. The van der Waals surface area contributed by atoms with E-state index in [4.69, 9.17) is 32.7 Å². The molecule has 0 radical (unpaired) electrons. The van der Waals surface area contributed by atoms with E-state index in [1.54, 1.807) is 37.4 Å². The summed E-state index contributed by atoms with van der Waals surface area (Å²) in [5, 5.41) is 3.20. The molecule has 0 bridgehead atoms. The molecule has 0 aliphatic rings. The van der Waals surface area contributed by atoms with Gasteiger partial charge in [-0.1, -0.05) is 35.3 Å². The van der Waals surface area contributed by atoms with Gasteiger partial charge in [-0.3, -0.25) is 9.10 Å². The summed E-state index contributed by atoms with van der Waals surface area (Å²) in [4.78, 5) is 12.0. The Morgan fingerprint density at radius 3 is 2.37 bits per heavy atom. The van der Waals surface area contributed by atoms with Crippen LogP contribution in [0.1, 0.15) is 12.8 Å². The molecule has 2 rings (SSSR count). The van der Waals surface area contributed by atoms with Crippen LogP contribution in [0.5, 0.6) is 11.5 Å². The van der Waals surface area contributed by atoms with Crippen molar-refractivity contribution < 1.29 is 22.7 Å². The summed E-state index contributed by atoms with van der Waals surface area (Å²) in [6, 6.07) is 11.9. The molecule has 10 heteroatoms. The number of nitrogens with one attached hydrogen (secondary N) is 1. The van der Waals surface area contributed by atoms with Crippen molar-refractivity contribution in [2.75, 3.05) is 37.4 Å². The van der Waals surface area contributed by atoms with Gasteiger partial charge in [-0.25, -0.2) is 8.42 Å². The molecule has 0 fully saturated rings. The number of nitrogens with zero attached hydrogens (tertiary/aromatic N) is 1. The van der Waals surface area contributed by atoms with E-state index in [1.165, 1.54) is 0 Å². The SMILES string of the molecule is COc1cccc(OCCNC(=O)CCCN(c2c(Cl)cccc2Cl)S(C)(=O)=O)c1. The van der Waals surface area contributed by atoms with E-state index >= 15 is 0 Å². The van der Waals surface area contributed by atoms with E-state index in [-0.39, 0.29) is 34.6 Å². The number of sulfonamides is 1. The molecule has 2 aromatic carbocycles. The Hall–Kier alpha value is -2.16. The molecule has 0 aromatic heterocycles. The van der Waals surface area contributed by atoms with E-state index in [0.717, 1.165) is 10.6 Å². The number of ether oxygens (including phenoxy) is 2.